The normalized spacial score (nSPS) is 17.5. The molecule has 1 aliphatic rings. The second-order valence-electron chi connectivity index (χ2n) is 4.47. The smallest absolute Gasteiger partial charge is 0.157 e. The van der Waals surface area contributed by atoms with Gasteiger partial charge in [0.1, 0.15) is 5.82 Å². The van der Waals surface area contributed by atoms with E-state index < -0.39 is 0 Å². The van der Waals surface area contributed by atoms with E-state index in [0.717, 1.165) is 6.42 Å². The van der Waals surface area contributed by atoms with Crippen LogP contribution in [0.15, 0.2) is 64.6 Å². The van der Waals surface area contributed by atoms with Crippen LogP contribution in [0.25, 0.3) is 0 Å². The average molecular weight is 252 g/mol. The van der Waals surface area contributed by atoms with Crippen LogP contribution in [0.1, 0.15) is 11.1 Å². The van der Waals surface area contributed by atoms with Gasteiger partial charge in [0.25, 0.3) is 0 Å². The van der Waals surface area contributed by atoms with Crippen molar-refractivity contribution in [1.29, 1.82) is 0 Å². The Labute approximate surface area is 111 Å². The van der Waals surface area contributed by atoms with Gasteiger partial charge in [-0.05, 0) is 24.1 Å². The van der Waals surface area contributed by atoms with Gasteiger partial charge in [-0.3, -0.25) is 4.99 Å². The summed E-state index contributed by atoms with van der Waals surface area (Å²) >= 11 is 0. The predicted octanol–water partition coefficient (Wildman–Crippen LogP) is 3.27. The van der Waals surface area contributed by atoms with E-state index in [4.69, 9.17) is 0 Å². The number of aliphatic imine (C=N–C) groups is 2. The molecule has 0 saturated carbocycles. The molecule has 0 bridgehead atoms. The zero-order valence-electron chi connectivity index (χ0n) is 10.3. The number of nitrogens with zero attached hydrogens (tertiary/aromatic N) is 2. The van der Waals surface area contributed by atoms with Crippen LogP contribution < -0.4 is 0 Å². The monoisotopic (exact) mass is 252 g/mol. The third kappa shape index (κ3) is 2.60. The number of hydrogen-bond acceptors (Lipinski definition) is 2. The van der Waals surface area contributed by atoms with Crippen LogP contribution in [0.3, 0.4) is 0 Å². The number of halogens is 1. The molecule has 19 heavy (non-hydrogen) atoms. The molecule has 0 fully saturated rings. The molecular weight excluding hydrogens is 239 g/mol. The van der Waals surface area contributed by atoms with E-state index in [1.165, 1.54) is 11.6 Å². The summed E-state index contributed by atoms with van der Waals surface area (Å²) < 4.78 is 13.6. The van der Waals surface area contributed by atoms with E-state index in [9.17, 15) is 4.39 Å². The largest absolute Gasteiger partial charge is 0.257 e. The van der Waals surface area contributed by atoms with Gasteiger partial charge in [-0.15, -0.1) is 0 Å². The van der Waals surface area contributed by atoms with Crippen LogP contribution in [0, 0.1) is 5.82 Å². The summed E-state index contributed by atoms with van der Waals surface area (Å²) in [6.07, 6.45) is 2.58. The molecule has 2 nitrogen and oxygen atoms in total. The predicted molar refractivity (Wildman–Crippen MR) is 75.4 cm³/mol. The van der Waals surface area contributed by atoms with Gasteiger partial charge in [0, 0.05) is 6.21 Å². The second kappa shape index (κ2) is 5.14. The van der Waals surface area contributed by atoms with Crippen molar-refractivity contribution >= 4 is 12.1 Å². The zero-order valence-corrected chi connectivity index (χ0v) is 10.3. The number of benzene rings is 2. The maximum absolute atomic E-state index is 13.6. The van der Waals surface area contributed by atoms with Gasteiger partial charge >= 0.3 is 0 Å². The molecular formula is C16H13FN2. The standard InChI is InChI=1S/C16H13FN2/c17-15-9-5-4-8-14(15)16-18-11-13(19-16)10-12-6-2-1-3-7-12/h1-9,11,13H,10H2. The molecule has 0 spiro atoms. The van der Waals surface area contributed by atoms with Crippen molar-refractivity contribution in [3.8, 4) is 0 Å². The molecule has 1 unspecified atom stereocenters. The van der Waals surface area contributed by atoms with Crippen molar-refractivity contribution < 1.29 is 4.39 Å². The van der Waals surface area contributed by atoms with Crippen molar-refractivity contribution in [2.45, 2.75) is 12.5 Å². The van der Waals surface area contributed by atoms with Crippen LogP contribution >= 0.6 is 0 Å². The van der Waals surface area contributed by atoms with Gasteiger partial charge in [0.2, 0.25) is 0 Å². The first-order chi connectivity index (χ1) is 9.33. The minimum atomic E-state index is -0.279. The number of amidine groups is 1. The lowest BCUT2D eigenvalue weighted by Crippen LogP contribution is -2.07. The Morgan fingerprint density at radius 1 is 0.947 bits per heavy atom. The number of hydrogen-bond donors (Lipinski definition) is 0. The maximum atomic E-state index is 13.6. The highest BCUT2D eigenvalue weighted by molar-refractivity contribution is 6.07. The van der Waals surface area contributed by atoms with Gasteiger partial charge in [0.15, 0.2) is 5.84 Å². The van der Waals surface area contributed by atoms with Gasteiger partial charge in [0.05, 0.1) is 11.6 Å². The van der Waals surface area contributed by atoms with E-state index in [1.807, 2.05) is 18.2 Å². The number of rotatable bonds is 3. The highest BCUT2D eigenvalue weighted by atomic mass is 19.1. The highest BCUT2D eigenvalue weighted by Crippen LogP contribution is 2.15. The second-order valence-corrected chi connectivity index (χ2v) is 4.47. The molecule has 0 amide bonds. The van der Waals surface area contributed by atoms with Crippen LogP contribution in [-0.4, -0.2) is 18.1 Å². The van der Waals surface area contributed by atoms with E-state index in [2.05, 4.69) is 22.1 Å². The van der Waals surface area contributed by atoms with Crippen molar-refractivity contribution in [1.82, 2.24) is 0 Å². The summed E-state index contributed by atoms with van der Waals surface area (Å²) in [5.74, 6) is 0.206. The topological polar surface area (TPSA) is 24.7 Å². The fourth-order valence-corrected chi connectivity index (χ4v) is 2.12. The molecule has 0 aliphatic carbocycles. The Hall–Kier alpha value is -2.29. The third-order valence-electron chi connectivity index (χ3n) is 3.06. The molecule has 94 valence electrons. The summed E-state index contributed by atoms with van der Waals surface area (Å²) in [6, 6.07) is 16.7. The van der Waals surface area contributed by atoms with Crippen molar-refractivity contribution in [2.75, 3.05) is 0 Å². The van der Waals surface area contributed by atoms with Crippen LogP contribution in [-0.2, 0) is 6.42 Å². The first-order valence-corrected chi connectivity index (χ1v) is 6.24. The van der Waals surface area contributed by atoms with Crippen LogP contribution in [0.5, 0.6) is 0 Å². The fraction of sp³-hybridized carbons (Fsp3) is 0.125. The third-order valence-corrected chi connectivity index (χ3v) is 3.06. The summed E-state index contributed by atoms with van der Waals surface area (Å²) in [4.78, 5) is 8.70. The van der Waals surface area contributed by atoms with E-state index in [0.29, 0.717) is 11.4 Å². The van der Waals surface area contributed by atoms with Crippen molar-refractivity contribution in [3.05, 3.63) is 71.5 Å². The zero-order chi connectivity index (χ0) is 13.1. The van der Waals surface area contributed by atoms with Gasteiger partial charge in [-0.25, -0.2) is 9.38 Å². The van der Waals surface area contributed by atoms with Crippen molar-refractivity contribution in [3.63, 3.8) is 0 Å². The SMILES string of the molecule is Fc1ccccc1C1=NC(Cc2ccccc2)C=N1. The lowest BCUT2D eigenvalue weighted by atomic mass is 10.1. The quantitative estimate of drug-likeness (QED) is 0.801. The molecule has 2 aromatic carbocycles. The molecule has 1 heterocycles. The average Bonchev–Trinajstić information content (AvgIpc) is 2.89. The molecule has 0 N–H and O–H groups in total. The minimum absolute atomic E-state index is 0.00277. The lowest BCUT2D eigenvalue weighted by Gasteiger charge is -2.03. The Bertz CT molecular complexity index is 632. The van der Waals surface area contributed by atoms with E-state index >= 15 is 0 Å². The lowest BCUT2D eigenvalue weighted by molar-refractivity contribution is 0.625. The van der Waals surface area contributed by atoms with Gasteiger partial charge in [-0.1, -0.05) is 42.5 Å². The molecule has 3 rings (SSSR count). The van der Waals surface area contributed by atoms with E-state index in [1.54, 1.807) is 24.4 Å². The molecule has 3 heteroatoms. The van der Waals surface area contributed by atoms with Crippen molar-refractivity contribution in [2.24, 2.45) is 9.98 Å². The molecule has 0 saturated heterocycles. The molecule has 1 aliphatic heterocycles. The van der Waals surface area contributed by atoms with Gasteiger partial charge in [-0.2, -0.15) is 0 Å². The summed E-state index contributed by atoms with van der Waals surface area (Å²) in [6.45, 7) is 0. The molecule has 2 aromatic rings. The van der Waals surface area contributed by atoms with Crippen LogP contribution in [0.2, 0.25) is 0 Å². The summed E-state index contributed by atoms with van der Waals surface area (Å²) in [5.41, 5.74) is 1.67. The maximum Gasteiger partial charge on any atom is 0.157 e. The van der Waals surface area contributed by atoms with Gasteiger partial charge < -0.3 is 0 Å². The highest BCUT2D eigenvalue weighted by Gasteiger charge is 2.16. The first-order valence-electron chi connectivity index (χ1n) is 6.24. The fourth-order valence-electron chi connectivity index (χ4n) is 2.12. The first kappa shape index (κ1) is 11.8. The van der Waals surface area contributed by atoms with Crippen LogP contribution in [0.4, 0.5) is 4.39 Å². The molecule has 0 aromatic heterocycles. The molecule has 1 atom stereocenters. The summed E-state index contributed by atoms with van der Waals surface area (Å²) in [5, 5.41) is 0. The van der Waals surface area contributed by atoms with E-state index in [-0.39, 0.29) is 11.9 Å². The Balaban J connectivity index is 1.79. The summed E-state index contributed by atoms with van der Waals surface area (Å²) in [7, 11) is 0. The Morgan fingerprint density at radius 2 is 1.68 bits per heavy atom. The Kier molecular flexibility index (Phi) is 3.19. The molecule has 0 radical (unpaired) electrons. The minimum Gasteiger partial charge on any atom is -0.257 e. The Morgan fingerprint density at radius 3 is 2.47 bits per heavy atom.